The average Bonchev–Trinajstić information content (AvgIpc) is 2.73. The lowest BCUT2D eigenvalue weighted by Crippen LogP contribution is -2.41. The van der Waals surface area contributed by atoms with Crippen molar-refractivity contribution in [3.8, 4) is 0 Å². The molecule has 1 N–H and O–H groups in total. The van der Waals surface area contributed by atoms with Gasteiger partial charge in [0.15, 0.2) is 5.58 Å². The number of nitrogens with zero attached hydrogens (tertiary/aromatic N) is 1. The van der Waals surface area contributed by atoms with E-state index in [1.165, 1.54) is 12.1 Å². The van der Waals surface area contributed by atoms with Crippen LogP contribution >= 0.6 is 0 Å². The van der Waals surface area contributed by atoms with E-state index in [4.69, 9.17) is 4.42 Å². The third-order valence-corrected chi connectivity index (χ3v) is 3.46. The predicted octanol–water partition coefficient (Wildman–Crippen LogP) is 2.61. The first-order chi connectivity index (χ1) is 8.17. The van der Waals surface area contributed by atoms with Gasteiger partial charge in [-0.1, -0.05) is 0 Å². The monoisotopic (exact) mass is 234 g/mol. The first-order valence-corrected chi connectivity index (χ1v) is 5.95. The van der Waals surface area contributed by atoms with Crippen molar-refractivity contribution in [3.63, 3.8) is 0 Å². The molecule has 1 aromatic heterocycles. The second-order valence-electron chi connectivity index (χ2n) is 4.97. The molecule has 1 aliphatic rings. The van der Waals surface area contributed by atoms with E-state index in [0.717, 1.165) is 31.4 Å². The van der Waals surface area contributed by atoms with Gasteiger partial charge in [-0.15, -0.1) is 0 Å². The molecule has 0 saturated carbocycles. The summed E-state index contributed by atoms with van der Waals surface area (Å²) in [7, 11) is 0. The highest BCUT2D eigenvalue weighted by Gasteiger charge is 2.33. The van der Waals surface area contributed by atoms with Crippen molar-refractivity contribution in [1.82, 2.24) is 10.3 Å². The van der Waals surface area contributed by atoms with Gasteiger partial charge in [0, 0.05) is 12.6 Å². The van der Waals surface area contributed by atoms with Gasteiger partial charge in [-0.05, 0) is 38.4 Å². The van der Waals surface area contributed by atoms with E-state index in [1.807, 2.05) is 0 Å². The lowest BCUT2D eigenvalue weighted by Gasteiger charge is -2.30. The minimum atomic E-state index is -0.285. The highest BCUT2D eigenvalue weighted by Crippen LogP contribution is 2.32. The van der Waals surface area contributed by atoms with Crippen molar-refractivity contribution in [1.29, 1.82) is 0 Å². The molecule has 1 saturated heterocycles. The second kappa shape index (κ2) is 3.81. The van der Waals surface area contributed by atoms with Gasteiger partial charge in [0.2, 0.25) is 5.89 Å². The third-order valence-electron chi connectivity index (χ3n) is 3.46. The fraction of sp³-hybridized carbons (Fsp3) is 0.462. The van der Waals surface area contributed by atoms with Crippen LogP contribution in [0.1, 0.15) is 25.7 Å². The summed E-state index contributed by atoms with van der Waals surface area (Å²) in [6.45, 7) is 4.05. The summed E-state index contributed by atoms with van der Waals surface area (Å²) in [4.78, 5) is 4.48. The van der Waals surface area contributed by atoms with Gasteiger partial charge in [-0.3, -0.25) is 0 Å². The van der Waals surface area contributed by atoms with E-state index in [1.54, 1.807) is 6.07 Å². The van der Waals surface area contributed by atoms with Gasteiger partial charge in [-0.25, -0.2) is 9.37 Å². The van der Waals surface area contributed by atoms with Crippen LogP contribution in [0.5, 0.6) is 0 Å². The summed E-state index contributed by atoms with van der Waals surface area (Å²) < 4.78 is 18.8. The van der Waals surface area contributed by atoms with Crippen molar-refractivity contribution in [2.75, 3.05) is 13.1 Å². The van der Waals surface area contributed by atoms with Crippen LogP contribution in [-0.2, 0) is 5.41 Å². The molecule has 1 fully saturated rings. The Labute approximate surface area is 99.0 Å². The van der Waals surface area contributed by atoms with Crippen LogP contribution in [0.25, 0.3) is 11.1 Å². The van der Waals surface area contributed by atoms with E-state index in [2.05, 4.69) is 17.2 Å². The largest absolute Gasteiger partial charge is 0.440 e. The number of halogens is 1. The maximum atomic E-state index is 13.1. The van der Waals surface area contributed by atoms with Gasteiger partial charge in [0.05, 0.1) is 5.41 Å². The molecule has 3 nitrogen and oxygen atoms in total. The zero-order chi connectivity index (χ0) is 11.9. The maximum Gasteiger partial charge on any atom is 0.202 e. The molecule has 90 valence electrons. The molecule has 2 heterocycles. The number of piperidine rings is 1. The summed E-state index contributed by atoms with van der Waals surface area (Å²) in [5.41, 5.74) is 1.19. The predicted molar refractivity (Wildman–Crippen MR) is 63.4 cm³/mol. The van der Waals surface area contributed by atoms with Gasteiger partial charge in [0.25, 0.3) is 0 Å². The van der Waals surface area contributed by atoms with Gasteiger partial charge in [0.1, 0.15) is 11.3 Å². The molecule has 0 aliphatic carbocycles. The van der Waals surface area contributed by atoms with Crippen LogP contribution in [0.4, 0.5) is 4.39 Å². The van der Waals surface area contributed by atoms with Gasteiger partial charge >= 0.3 is 0 Å². The van der Waals surface area contributed by atoms with E-state index in [-0.39, 0.29) is 11.2 Å². The highest BCUT2D eigenvalue weighted by molar-refractivity contribution is 5.72. The lowest BCUT2D eigenvalue weighted by atomic mass is 9.83. The highest BCUT2D eigenvalue weighted by atomic mass is 19.1. The number of aromatic nitrogens is 1. The summed E-state index contributed by atoms with van der Waals surface area (Å²) >= 11 is 0. The zero-order valence-corrected chi connectivity index (χ0v) is 9.79. The quantitative estimate of drug-likeness (QED) is 0.824. The standard InChI is InChI=1S/C13H15FN2O/c1-13(5-2-6-15-8-13)12-16-10-4-3-9(14)7-11(10)17-12/h3-4,7,15H,2,5-6,8H2,1H3. The Bertz CT molecular complexity index is 543. The molecule has 2 aromatic rings. The number of benzene rings is 1. The van der Waals surface area contributed by atoms with Crippen molar-refractivity contribution >= 4 is 11.1 Å². The molecular formula is C13H15FN2O. The smallest absolute Gasteiger partial charge is 0.202 e. The van der Waals surface area contributed by atoms with Crippen LogP contribution in [0, 0.1) is 5.82 Å². The van der Waals surface area contributed by atoms with Crippen molar-refractivity contribution in [2.45, 2.75) is 25.2 Å². The molecule has 0 bridgehead atoms. The van der Waals surface area contributed by atoms with Crippen LogP contribution in [0.2, 0.25) is 0 Å². The Balaban J connectivity index is 2.05. The molecule has 1 unspecified atom stereocenters. The Morgan fingerprint density at radius 2 is 2.35 bits per heavy atom. The van der Waals surface area contributed by atoms with Gasteiger partial charge in [-0.2, -0.15) is 0 Å². The summed E-state index contributed by atoms with van der Waals surface area (Å²) in [5, 5.41) is 3.36. The minimum Gasteiger partial charge on any atom is -0.440 e. The van der Waals surface area contributed by atoms with Gasteiger partial charge < -0.3 is 9.73 Å². The zero-order valence-electron chi connectivity index (χ0n) is 9.79. The van der Waals surface area contributed by atoms with Crippen LogP contribution in [-0.4, -0.2) is 18.1 Å². The van der Waals surface area contributed by atoms with E-state index in [9.17, 15) is 4.39 Å². The lowest BCUT2D eigenvalue weighted by molar-refractivity contribution is 0.279. The van der Waals surface area contributed by atoms with E-state index < -0.39 is 0 Å². The third kappa shape index (κ3) is 1.82. The Hall–Kier alpha value is -1.42. The normalized spacial score (nSPS) is 25.3. The molecule has 1 aliphatic heterocycles. The first-order valence-electron chi connectivity index (χ1n) is 5.95. The summed E-state index contributed by atoms with van der Waals surface area (Å²) in [5.74, 6) is 0.428. The number of oxazole rings is 1. The number of rotatable bonds is 1. The molecule has 1 aromatic carbocycles. The van der Waals surface area contributed by atoms with E-state index >= 15 is 0 Å². The fourth-order valence-electron chi connectivity index (χ4n) is 2.40. The van der Waals surface area contributed by atoms with Crippen LogP contribution < -0.4 is 5.32 Å². The maximum absolute atomic E-state index is 13.1. The van der Waals surface area contributed by atoms with Crippen molar-refractivity contribution in [2.24, 2.45) is 0 Å². The van der Waals surface area contributed by atoms with E-state index in [0.29, 0.717) is 11.5 Å². The number of hydrogen-bond donors (Lipinski definition) is 1. The first kappa shape index (κ1) is 10.7. The molecule has 0 amide bonds. The molecule has 3 rings (SSSR count). The fourth-order valence-corrected chi connectivity index (χ4v) is 2.40. The second-order valence-corrected chi connectivity index (χ2v) is 4.97. The number of hydrogen-bond acceptors (Lipinski definition) is 3. The Morgan fingerprint density at radius 1 is 1.47 bits per heavy atom. The van der Waals surface area contributed by atoms with Crippen LogP contribution in [0.15, 0.2) is 22.6 Å². The SMILES string of the molecule is CC1(c2nc3ccc(F)cc3o2)CCCNC1. The molecule has 1 atom stereocenters. The molecule has 4 heteroatoms. The average molecular weight is 234 g/mol. The Kier molecular flexibility index (Phi) is 2.40. The number of nitrogens with one attached hydrogen (secondary N) is 1. The topological polar surface area (TPSA) is 38.1 Å². The Morgan fingerprint density at radius 3 is 3.12 bits per heavy atom. The van der Waals surface area contributed by atoms with Crippen molar-refractivity contribution < 1.29 is 8.81 Å². The van der Waals surface area contributed by atoms with Crippen molar-refractivity contribution in [3.05, 3.63) is 29.9 Å². The van der Waals surface area contributed by atoms with Crippen LogP contribution in [0.3, 0.4) is 0 Å². The molecular weight excluding hydrogens is 219 g/mol. The minimum absolute atomic E-state index is 0.0756. The molecule has 0 radical (unpaired) electrons. The molecule has 17 heavy (non-hydrogen) atoms. The summed E-state index contributed by atoms with van der Waals surface area (Å²) in [6, 6.07) is 4.47. The molecule has 0 spiro atoms. The summed E-state index contributed by atoms with van der Waals surface area (Å²) in [6.07, 6.45) is 2.17. The number of fused-ring (bicyclic) bond motifs is 1.